The van der Waals surface area contributed by atoms with E-state index in [9.17, 15) is 0 Å². The molecular weight excluding hydrogens is 274 g/mol. The van der Waals surface area contributed by atoms with Crippen molar-refractivity contribution >= 4 is 11.6 Å². The lowest BCUT2D eigenvalue weighted by molar-refractivity contribution is 0.170. The minimum atomic E-state index is 0.0308. The Morgan fingerprint density at radius 1 is 1.35 bits per heavy atom. The summed E-state index contributed by atoms with van der Waals surface area (Å²) in [6, 6.07) is 9.68. The zero-order chi connectivity index (χ0) is 14.4. The SMILES string of the molecule is CCNC(Cc1ccoc1)C(C)Oc1cccc(Cl)c1. The second-order valence-corrected chi connectivity index (χ2v) is 5.22. The number of hydrogen-bond donors (Lipinski definition) is 1. The van der Waals surface area contributed by atoms with E-state index in [4.69, 9.17) is 20.8 Å². The third-order valence-corrected chi connectivity index (χ3v) is 3.42. The van der Waals surface area contributed by atoms with Crippen LogP contribution in [0.5, 0.6) is 5.75 Å². The van der Waals surface area contributed by atoms with Gasteiger partial charge in [0.05, 0.1) is 12.5 Å². The van der Waals surface area contributed by atoms with Crippen molar-refractivity contribution in [2.75, 3.05) is 6.54 Å². The van der Waals surface area contributed by atoms with Gasteiger partial charge in [-0.3, -0.25) is 0 Å². The maximum absolute atomic E-state index is 5.98. The fourth-order valence-corrected chi connectivity index (χ4v) is 2.35. The predicted molar refractivity (Wildman–Crippen MR) is 81.4 cm³/mol. The molecule has 0 spiro atoms. The van der Waals surface area contributed by atoms with Crippen LogP contribution in [-0.4, -0.2) is 18.7 Å². The van der Waals surface area contributed by atoms with E-state index in [1.165, 1.54) is 0 Å². The Bertz CT molecular complexity index is 513. The molecule has 0 saturated carbocycles. The van der Waals surface area contributed by atoms with E-state index in [-0.39, 0.29) is 12.1 Å². The average molecular weight is 294 g/mol. The molecule has 20 heavy (non-hydrogen) atoms. The van der Waals surface area contributed by atoms with Gasteiger partial charge in [0, 0.05) is 11.1 Å². The third-order valence-electron chi connectivity index (χ3n) is 3.19. The van der Waals surface area contributed by atoms with Gasteiger partial charge in [0.1, 0.15) is 11.9 Å². The molecule has 108 valence electrons. The van der Waals surface area contributed by atoms with Crippen LogP contribution in [-0.2, 0) is 6.42 Å². The molecule has 0 aliphatic rings. The number of benzene rings is 1. The lowest BCUT2D eigenvalue weighted by Gasteiger charge is -2.25. The number of rotatable bonds is 7. The fraction of sp³-hybridized carbons (Fsp3) is 0.375. The van der Waals surface area contributed by atoms with E-state index in [1.807, 2.05) is 30.3 Å². The Morgan fingerprint density at radius 3 is 2.85 bits per heavy atom. The number of furan rings is 1. The quantitative estimate of drug-likeness (QED) is 0.840. The standard InChI is InChI=1S/C16H20ClNO2/c1-3-18-16(9-13-7-8-19-11-13)12(2)20-15-6-4-5-14(17)10-15/h4-8,10-12,16,18H,3,9H2,1-2H3. The van der Waals surface area contributed by atoms with Gasteiger partial charge < -0.3 is 14.5 Å². The van der Waals surface area contributed by atoms with E-state index >= 15 is 0 Å². The van der Waals surface area contributed by atoms with Crippen molar-refractivity contribution in [1.82, 2.24) is 5.32 Å². The van der Waals surface area contributed by atoms with Crippen molar-refractivity contribution in [1.29, 1.82) is 0 Å². The van der Waals surface area contributed by atoms with Crippen molar-refractivity contribution in [2.45, 2.75) is 32.4 Å². The van der Waals surface area contributed by atoms with Gasteiger partial charge in [-0.15, -0.1) is 0 Å². The summed E-state index contributed by atoms with van der Waals surface area (Å²) in [7, 11) is 0. The Morgan fingerprint density at radius 2 is 2.20 bits per heavy atom. The maximum atomic E-state index is 5.98. The fourth-order valence-electron chi connectivity index (χ4n) is 2.17. The molecule has 0 aliphatic heterocycles. The number of halogens is 1. The maximum Gasteiger partial charge on any atom is 0.121 e. The normalized spacial score (nSPS) is 13.9. The van der Waals surface area contributed by atoms with E-state index < -0.39 is 0 Å². The van der Waals surface area contributed by atoms with Gasteiger partial charge in [0.25, 0.3) is 0 Å². The highest BCUT2D eigenvalue weighted by Crippen LogP contribution is 2.20. The van der Waals surface area contributed by atoms with Crippen LogP contribution in [0.2, 0.25) is 5.02 Å². The van der Waals surface area contributed by atoms with Crippen molar-refractivity contribution < 1.29 is 9.15 Å². The van der Waals surface area contributed by atoms with Crippen molar-refractivity contribution in [3.05, 3.63) is 53.4 Å². The monoisotopic (exact) mass is 293 g/mol. The van der Waals surface area contributed by atoms with Crippen LogP contribution < -0.4 is 10.1 Å². The molecule has 2 aromatic rings. The summed E-state index contributed by atoms with van der Waals surface area (Å²) in [4.78, 5) is 0. The molecule has 1 aromatic carbocycles. The molecule has 0 fully saturated rings. The molecule has 0 radical (unpaired) electrons. The largest absolute Gasteiger partial charge is 0.489 e. The Kier molecular flexibility index (Phi) is 5.50. The molecular formula is C16H20ClNO2. The van der Waals surface area contributed by atoms with Crippen LogP contribution in [0.15, 0.2) is 47.3 Å². The molecule has 1 N–H and O–H groups in total. The van der Waals surface area contributed by atoms with Crippen LogP contribution in [0.4, 0.5) is 0 Å². The molecule has 2 atom stereocenters. The average Bonchev–Trinajstić information content (AvgIpc) is 2.91. The topological polar surface area (TPSA) is 34.4 Å². The van der Waals surface area contributed by atoms with Crippen molar-refractivity contribution in [3.63, 3.8) is 0 Å². The highest BCUT2D eigenvalue weighted by atomic mass is 35.5. The first-order chi connectivity index (χ1) is 9.69. The predicted octanol–water partition coefficient (Wildman–Crippen LogP) is 3.92. The van der Waals surface area contributed by atoms with Gasteiger partial charge in [-0.2, -0.15) is 0 Å². The molecule has 2 unspecified atom stereocenters. The highest BCUT2D eigenvalue weighted by Gasteiger charge is 2.19. The van der Waals surface area contributed by atoms with Gasteiger partial charge in [-0.1, -0.05) is 24.6 Å². The lowest BCUT2D eigenvalue weighted by Crippen LogP contribution is -2.42. The molecule has 1 heterocycles. The third kappa shape index (κ3) is 4.29. The molecule has 2 rings (SSSR count). The lowest BCUT2D eigenvalue weighted by atomic mass is 10.0. The Balaban J connectivity index is 2.00. The van der Waals surface area contributed by atoms with Gasteiger partial charge in [0.15, 0.2) is 0 Å². The van der Waals surface area contributed by atoms with Crippen LogP contribution in [0.1, 0.15) is 19.4 Å². The molecule has 3 nitrogen and oxygen atoms in total. The summed E-state index contributed by atoms with van der Waals surface area (Å²) in [5.41, 5.74) is 1.16. The number of nitrogens with one attached hydrogen (secondary N) is 1. The van der Waals surface area contributed by atoms with Crippen molar-refractivity contribution in [2.24, 2.45) is 0 Å². The van der Waals surface area contributed by atoms with Gasteiger partial charge in [-0.25, -0.2) is 0 Å². The zero-order valence-corrected chi connectivity index (χ0v) is 12.6. The van der Waals surface area contributed by atoms with Crippen LogP contribution in [0.3, 0.4) is 0 Å². The summed E-state index contributed by atoms with van der Waals surface area (Å²) in [5, 5.41) is 4.14. The molecule has 0 amide bonds. The van der Waals surface area contributed by atoms with E-state index in [0.717, 1.165) is 24.3 Å². The van der Waals surface area contributed by atoms with Crippen LogP contribution in [0, 0.1) is 0 Å². The van der Waals surface area contributed by atoms with Crippen LogP contribution in [0.25, 0.3) is 0 Å². The number of ether oxygens (including phenoxy) is 1. The minimum Gasteiger partial charge on any atom is -0.489 e. The molecule has 0 aliphatic carbocycles. The molecule has 1 aromatic heterocycles. The second-order valence-electron chi connectivity index (χ2n) is 4.78. The Hall–Kier alpha value is -1.45. The first-order valence-electron chi connectivity index (χ1n) is 6.85. The van der Waals surface area contributed by atoms with E-state index in [2.05, 4.69) is 19.2 Å². The number of likely N-dealkylation sites (N-methyl/N-ethyl adjacent to an activating group) is 1. The summed E-state index contributed by atoms with van der Waals surface area (Å²) in [6.07, 6.45) is 4.37. The van der Waals surface area contributed by atoms with Gasteiger partial charge >= 0.3 is 0 Å². The van der Waals surface area contributed by atoms with E-state index in [1.54, 1.807) is 12.5 Å². The molecule has 4 heteroatoms. The summed E-state index contributed by atoms with van der Waals surface area (Å²) < 4.78 is 11.1. The smallest absolute Gasteiger partial charge is 0.121 e. The van der Waals surface area contributed by atoms with Gasteiger partial charge in [-0.05, 0) is 49.7 Å². The summed E-state index contributed by atoms with van der Waals surface area (Å²) in [6.45, 7) is 5.05. The molecule has 0 saturated heterocycles. The molecule has 0 bridgehead atoms. The second kappa shape index (κ2) is 7.36. The van der Waals surface area contributed by atoms with Crippen LogP contribution >= 0.6 is 11.6 Å². The summed E-state index contributed by atoms with van der Waals surface area (Å²) >= 11 is 5.98. The first kappa shape index (κ1) is 14.9. The first-order valence-corrected chi connectivity index (χ1v) is 7.23. The van der Waals surface area contributed by atoms with E-state index in [0.29, 0.717) is 5.02 Å². The van der Waals surface area contributed by atoms with Crippen molar-refractivity contribution in [3.8, 4) is 5.75 Å². The minimum absolute atomic E-state index is 0.0308. The Labute approximate surface area is 124 Å². The highest BCUT2D eigenvalue weighted by molar-refractivity contribution is 6.30. The number of hydrogen-bond acceptors (Lipinski definition) is 3. The summed E-state index contributed by atoms with van der Waals surface area (Å²) in [5.74, 6) is 0.792. The van der Waals surface area contributed by atoms with Gasteiger partial charge in [0.2, 0.25) is 0 Å². The zero-order valence-electron chi connectivity index (χ0n) is 11.8.